The zero-order valence-corrected chi connectivity index (χ0v) is 25.0. The maximum atomic E-state index is 13.0. The zero-order valence-electron chi connectivity index (χ0n) is 25.0. The van der Waals surface area contributed by atoms with Crippen molar-refractivity contribution in [2.45, 2.75) is 36.8 Å². The van der Waals surface area contributed by atoms with Gasteiger partial charge >= 0.3 is 6.03 Å². The molecule has 4 rings (SSSR count). The number of rotatable bonds is 16. The highest BCUT2D eigenvalue weighted by atomic mass is 16.6. The van der Waals surface area contributed by atoms with E-state index < -0.39 is 5.91 Å². The average Bonchev–Trinajstić information content (AvgIpc) is 3.33. The molecule has 42 heavy (non-hydrogen) atoms. The lowest BCUT2D eigenvalue weighted by Gasteiger charge is -2.48. The number of nitrogens with zero attached hydrogens (tertiary/aromatic N) is 4. The summed E-state index contributed by atoms with van der Waals surface area (Å²) in [7, 11) is 5.89. The van der Waals surface area contributed by atoms with E-state index >= 15 is 0 Å². The molecule has 12 nitrogen and oxygen atoms in total. The molecule has 12 heteroatoms. The van der Waals surface area contributed by atoms with Gasteiger partial charge in [0.15, 0.2) is 0 Å². The molecule has 1 aromatic carbocycles. The largest absolute Gasteiger partial charge is 0.382 e. The third-order valence-corrected chi connectivity index (χ3v) is 8.14. The number of anilines is 1. The number of hydrogen-bond acceptors (Lipinski definition) is 9. The number of ether oxygens (including phenoxy) is 4. The predicted molar refractivity (Wildman–Crippen MR) is 158 cm³/mol. The molecule has 2 heterocycles. The SMILES string of the molecule is COCCOCCOCCOCCNC(=O)c1ncc(N2C[C@]3(CC[C@](c4ccccc4)(N(C)C)CC3)NC2=O)cn1. The number of amides is 3. The summed E-state index contributed by atoms with van der Waals surface area (Å²) in [5, 5.41) is 6.00. The van der Waals surface area contributed by atoms with Crippen LogP contribution in [0, 0.1) is 0 Å². The zero-order chi connectivity index (χ0) is 29.8. The third kappa shape index (κ3) is 8.01. The van der Waals surface area contributed by atoms with Gasteiger partial charge in [-0.1, -0.05) is 30.3 Å². The van der Waals surface area contributed by atoms with Crippen LogP contribution in [-0.2, 0) is 24.5 Å². The van der Waals surface area contributed by atoms with Crippen LogP contribution in [0.15, 0.2) is 42.7 Å². The van der Waals surface area contributed by atoms with Gasteiger partial charge in [0.1, 0.15) is 0 Å². The third-order valence-electron chi connectivity index (χ3n) is 8.14. The van der Waals surface area contributed by atoms with Crippen LogP contribution in [0.25, 0.3) is 0 Å². The summed E-state index contributed by atoms with van der Waals surface area (Å²) in [5.41, 5.74) is 1.52. The monoisotopic (exact) mass is 584 g/mol. The first kappa shape index (κ1) is 31.8. The van der Waals surface area contributed by atoms with E-state index in [1.54, 1.807) is 12.0 Å². The number of carbonyl (C=O) groups excluding carboxylic acids is 2. The first-order valence-corrected chi connectivity index (χ1v) is 14.5. The van der Waals surface area contributed by atoms with Crippen molar-refractivity contribution < 1.29 is 28.5 Å². The highest BCUT2D eigenvalue weighted by Crippen LogP contribution is 2.46. The molecule has 3 amide bonds. The van der Waals surface area contributed by atoms with Gasteiger partial charge in [0.25, 0.3) is 5.91 Å². The Morgan fingerprint density at radius 3 is 2.12 bits per heavy atom. The number of nitrogens with one attached hydrogen (secondary N) is 2. The van der Waals surface area contributed by atoms with Crippen molar-refractivity contribution in [2.75, 3.05) is 85.4 Å². The molecule has 230 valence electrons. The van der Waals surface area contributed by atoms with Crippen molar-refractivity contribution in [2.24, 2.45) is 0 Å². The minimum atomic E-state index is -0.398. The van der Waals surface area contributed by atoms with E-state index in [0.717, 1.165) is 25.7 Å². The van der Waals surface area contributed by atoms with Gasteiger partial charge in [-0.3, -0.25) is 14.6 Å². The van der Waals surface area contributed by atoms with Crippen LogP contribution < -0.4 is 15.5 Å². The summed E-state index contributed by atoms with van der Waals surface area (Å²) >= 11 is 0. The van der Waals surface area contributed by atoms with Crippen LogP contribution in [0.2, 0.25) is 0 Å². The quantitative estimate of drug-likeness (QED) is 0.286. The van der Waals surface area contributed by atoms with Crippen LogP contribution in [0.5, 0.6) is 0 Å². The van der Waals surface area contributed by atoms with E-state index in [1.165, 1.54) is 18.0 Å². The molecule has 1 saturated heterocycles. The first-order valence-electron chi connectivity index (χ1n) is 14.5. The Hall–Kier alpha value is -3.16. The Labute approximate surface area is 248 Å². The molecular formula is C30H44N6O6. The molecule has 0 atom stereocenters. The summed E-state index contributed by atoms with van der Waals surface area (Å²) in [6, 6.07) is 10.4. The number of aromatic nitrogens is 2. The minimum Gasteiger partial charge on any atom is -0.382 e. The molecule has 1 saturated carbocycles. The van der Waals surface area contributed by atoms with Crippen molar-refractivity contribution in [1.82, 2.24) is 25.5 Å². The number of benzene rings is 1. The van der Waals surface area contributed by atoms with E-state index in [2.05, 4.69) is 63.9 Å². The lowest BCUT2D eigenvalue weighted by Crippen LogP contribution is -2.54. The molecule has 1 aliphatic heterocycles. The van der Waals surface area contributed by atoms with E-state index in [0.29, 0.717) is 65.0 Å². The number of carbonyl (C=O) groups is 2. The van der Waals surface area contributed by atoms with Crippen molar-refractivity contribution in [3.8, 4) is 0 Å². The van der Waals surface area contributed by atoms with E-state index in [9.17, 15) is 9.59 Å². The van der Waals surface area contributed by atoms with Gasteiger partial charge < -0.3 is 29.6 Å². The van der Waals surface area contributed by atoms with Gasteiger partial charge in [-0.25, -0.2) is 14.8 Å². The Balaban J connectivity index is 1.19. The number of methoxy groups -OCH3 is 1. The second-order valence-electron chi connectivity index (χ2n) is 10.9. The minimum absolute atomic E-state index is 0.0427. The Morgan fingerprint density at radius 2 is 1.52 bits per heavy atom. The van der Waals surface area contributed by atoms with Crippen LogP contribution in [0.3, 0.4) is 0 Å². The second kappa shape index (κ2) is 15.4. The summed E-state index contributed by atoms with van der Waals surface area (Å²) in [6.07, 6.45) is 6.67. The maximum absolute atomic E-state index is 13.0. The number of urea groups is 1. The molecule has 2 N–H and O–H groups in total. The fourth-order valence-corrected chi connectivity index (χ4v) is 5.66. The molecular weight excluding hydrogens is 540 g/mol. The van der Waals surface area contributed by atoms with Gasteiger partial charge in [0.05, 0.1) is 76.4 Å². The molecule has 2 fully saturated rings. The average molecular weight is 585 g/mol. The molecule has 1 aliphatic carbocycles. The molecule has 2 aromatic rings. The van der Waals surface area contributed by atoms with E-state index in [-0.39, 0.29) is 22.9 Å². The predicted octanol–water partition coefficient (Wildman–Crippen LogP) is 2.20. The molecule has 0 bridgehead atoms. The Kier molecular flexibility index (Phi) is 11.6. The topological polar surface area (TPSA) is 127 Å². The first-order chi connectivity index (χ1) is 20.4. The van der Waals surface area contributed by atoms with Crippen molar-refractivity contribution in [1.29, 1.82) is 0 Å². The second-order valence-corrected chi connectivity index (χ2v) is 10.9. The van der Waals surface area contributed by atoms with E-state index in [4.69, 9.17) is 18.9 Å². The highest BCUT2D eigenvalue weighted by Gasteiger charge is 2.50. The van der Waals surface area contributed by atoms with Crippen molar-refractivity contribution in [3.63, 3.8) is 0 Å². The molecule has 2 aliphatic rings. The van der Waals surface area contributed by atoms with Crippen LogP contribution in [-0.4, -0.2) is 113 Å². The fourth-order valence-electron chi connectivity index (χ4n) is 5.66. The van der Waals surface area contributed by atoms with Gasteiger partial charge in [-0.15, -0.1) is 0 Å². The summed E-state index contributed by atoms with van der Waals surface area (Å²) in [5.74, 6) is -0.355. The Bertz CT molecular complexity index is 1120. The van der Waals surface area contributed by atoms with Crippen LogP contribution in [0.1, 0.15) is 41.9 Å². The van der Waals surface area contributed by atoms with Crippen molar-refractivity contribution >= 4 is 17.6 Å². The summed E-state index contributed by atoms with van der Waals surface area (Å²) < 4.78 is 21.1. The van der Waals surface area contributed by atoms with Gasteiger partial charge in [0.2, 0.25) is 5.82 Å². The molecule has 0 unspecified atom stereocenters. The fraction of sp³-hybridized carbons (Fsp3) is 0.600. The number of hydrogen-bond donors (Lipinski definition) is 2. The summed E-state index contributed by atoms with van der Waals surface area (Å²) in [6.45, 7) is 4.17. The van der Waals surface area contributed by atoms with Crippen molar-refractivity contribution in [3.05, 3.63) is 54.1 Å². The normalized spacial score (nSPS) is 22.1. The molecule has 1 aromatic heterocycles. The lowest BCUT2D eigenvalue weighted by atomic mass is 9.69. The van der Waals surface area contributed by atoms with Gasteiger partial charge in [-0.2, -0.15) is 0 Å². The van der Waals surface area contributed by atoms with Gasteiger partial charge in [0, 0.05) is 19.2 Å². The van der Waals surface area contributed by atoms with E-state index in [1.807, 2.05) is 6.07 Å². The smallest absolute Gasteiger partial charge is 0.322 e. The summed E-state index contributed by atoms with van der Waals surface area (Å²) in [4.78, 5) is 37.9. The van der Waals surface area contributed by atoms with Crippen LogP contribution in [0.4, 0.5) is 10.5 Å². The lowest BCUT2D eigenvalue weighted by molar-refractivity contribution is 0.00414. The molecule has 1 spiro atoms. The highest BCUT2D eigenvalue weighted by molar-refractivity contribution is 5.95. The maximum Gasteiger partial charge on any atom is 0.322 e. The van der Waals surface area contributed by atoms with Gasteiger partial charge in [-0.05, 0) is 45.3 Å². The Morgan fingerprint density at radius 1 is 0.929 bits per heavy atom. The standard InChI is InChI=1S/C30H44N6O6/c1-35(2)30(24-7-5-4-6-8-24)11-9-29(10-12-30)23-36(28(38)34-29)25-21-32-26(33-22-25)27(37)31-13-14-40-17-18-42-20-19-41-16-15-39-3/h4-8,21-22H,9-20,23H2,1-3H3,(H,31,37)(H,34,38)/t29-,30+. The van der Waals surface area contributed by atoms with Crippen LogP contribution >= 0.6 is 0 Å². The molecule has 0 radical (unpaired) electrons.